The van der Waals surface area contributed by atoms with Gasteiger partial charge in [-0.3, -0.25) is 4.79 Å². The second kappa shape index (κ2) is 14.9. The quantitative estimate of drug-likeness (QED) is 0.195. The van der Waals surface area contributed by atoms with Gasteiger partial charge in [-0.2, -0.15) is 0 Å². The summed E-state index contributed by atoms with van der Waals surface area (Å²) < 4.78 is 0. The molecule has 7 unspecified atom stereocenters. The molecule has 7 atom stereocenters. The number of aliphatic hydroxyl groups is 1. The number of hydrogen-bond donors (Lipinski definition) is 3. The highest BCUT2D eigenvalue weighted by atomic mass is 16.4. The summed E-state index contributed by atoms with van der Waals surface area (Å²) in [6, 6.07) is 8.72. The lowest BCUT2D eigenvalue weighted by molar-refractivity contribution is -0.154. The summed E-state index contributed by atoms with van der Waals surface area (Å²) in [6.07, 6.45) is 18.8. The number of unbranched alkanes of at least 4 members (excludes halogenated alkanes) is 5. The fourth-order valence-corrected chi connectivity index (χ4v) is 7.58. The number of fused-ring (bicyclic) bond motifs is 3. The topological polar surface area (TPSA) is 83.5 Å². The number of carboxylic acids is 1. The third-order valence-electron chi connectivity index (χ3n) is 9.20. The molecule has 0 heterocycles. The van der Waals surface area contributed by atoms with Crippen LogP contribution in [0.5, 0.6) is 0 Å². The van der Waals surface area contributed by atoms with Crippen LogP contribution in [0.15, 0.2) is 36.4 Å². The molecule has 4 heteroatoms. The smallest absolute Gasteiger partial charge is 0.309 e. The average Bonchev–Trinajstić information content (AvgIpc) is 2.83. The first-order valence-corrected chi connectivity index (χ1v) is 14.8. The van der Waals surface area contributed by atoms with Crippen molar-refractivity contribution in [1.82, 2.24) is 0 Å². The zero-order valence-corrected chi connectivity index (χ0v) is 22.8. The third kappa shape index (κ3) is 7.68. The van der Waals surface area contributed by atoms with Crippen LogP contribution in [0.2, 0.25) is 0 Å². The van der Waals surface area contributed by atoms with Crippen molar-refractivity contribution in [3.63, 3.8) is 0 Å². The molecule has 4 nitrogen and oxygen atoms in total. The predicted molar refractivity (Wildman–Crippen MR) is 149 cm³/mol. The van der Waals surface area contributed by atoms with Crippen LogP contribution < -0.4 is 5.73 Å². The van der Waals surface area contributed by atoms with Gasteiger partial charge in [0.1, 0.15) is 0 Å². The molecule has 0 spiro atoms. The van der Waals surface area contributed by atoms with E-state index in [1.807, 2.05) is 0 Å². The summed E-state index contributed by atoms with van der Waals surface area (Å²) in [4.78, 5) is 12.5. The number of allylic oxidation sites excluding steroid dienone is 2. The van der Waals surface area contributed by atoms with E-state index in [9.17, 15) is 15.0 Å². The van der Waals surface area contributed by atoms with E-state index < -0.39 is 18.0 Å². The second-order valence-corrected chi connectivity index (χ2v) is 11.6. The lowest BCUT2D eigenvalue weighted by atomic mass is 9.53. The summed E-state index contributed by atoms with van der Waals surface area (Å²) in [5.41, 5.74) is 8.95. The first-order chi connectivity index (χ1) is 17.5. The number of carboxylic acid groups (broad SMARTS) is 1. The number of carbonyl (C=O) groups is 1. The predicted octanol–water partition coefficient (Wildman–Crippen LogP) is 6.79. The Morgan fingerprint density at radius 2 is 1.75 bits per heavy atom. The molecule has 0 aromatic heterocycles. The highest BCUT2D eigenvalue weighted by molar-refractivity contribution is 5.71. The van der Waals surface area contributed by atoms with Crippen molar-refractivity contribution in [2.24, 2.45) is 41.2 Å². The van der Waals surface area contributed by atoms with E-state index in [2.05, 4.69) is 43.3 Å². The molecule has 1 aromatic carbocycles. The van der Waals surface area contributed by atoms with Gasteiger partial charge in [-0.25, -0.2) is 0 Å². The maximum atomic E-state index is 12.5. The van der Waals surface area contributed by atoms with Crippen LogP contribution in [0.1, 0.15) is 95.6 Å². The summed E-state index contributed by atoms with van der Waals surface area (Å²) in [5, 5.41) is 20.9. The molecule has 0 aliphatic heterocycles. The molecule has 4 N–H and O–H groups in total. The highest BCUT2D eigenvalue weighted by Crippen LogP contribution is 2.52. The zero-order chi connectivity index (χ0) is 25.9. The van der Waals surface area contributed by atoms with Gasteiger partial charge in [0.05, 0.1) is 12.0 Å². The van der Waals surface area contributed by atoms with Crippen LogP contribution in [-0.2, 0) is 17.6 Å². The molecule has 0 amide bonds. The molecule has 202 valence electrons. The molecule has 0 radical (unpaired) electrons. The Morgan fingerprint density at radius 3 is 2.42 bits per heavy atom. The molecule has 36 heavy (non-hydrogen) atoms. The standard InChI is InChI=1S/C32H51NO3/c1-3-4-5-6-7-8-9-10-11-16-28-26-18-17-24-14-12-13-15-25(24)21-27(22-26)31(29(28)19-20-33)30(23(2)34)32(35)36/h8-9,12-15,23,26-31,34H,3-7,10-11,16-22,33H2,1-2H3,(H,35,36). The van der Waals surface area contributed by atoms with Gasteiger partial charge in [0, 0.05) is 0 Å². The van der Waals surface area contributed by atoms with Gasteiger partial charge in [-0.15, -0.1) is 0 Å². The molecule has 2 bridgehead atoms. The van der Waals surface area contributed by atoms with Crippen LogP contribution in [0.4, 0.5) is 0 Å². The van der Waals surface area contributed by atoms with Gasteiger partial charge in [0.15, 0.2) is 0 Å². The minimum Gasteiger partial charge on any atom is -0.481 e. The molecule has 1 aromatic rings. The normalized spacial score (nSPS) is 27.7. The van der Waals surface area contributed by atoms with Gasteiger partial charge in [0.2, 0.25) is 0 Å². The van der Waals surface area contributed by atoms with Gasteiger partial charge in [-0.1, -0.05) is 62.6 Å². The summed E-state index contributed by atoms with van der Waals surface area (Å²) >= 11 is 0. The Kier molecular flexibility index (Phi) is 12.0. The minimum absolute atomic E-state index is 0.0347. The number of nitrogens with two attached hydrogens (primary N) is 1. The van der Waals surface area contributed by atoms with Crippen molar-refractivity contribution in [1.29, 1.82) is 0 Å². The average molecular weight is 498 g/mol. The van der Waals surface area contributed by atoms with Gasteiger partial charge in [-0.05, 0) is 118 Å². The Morgan fingerprint density at radius 1 is 1.03 bits per heavy atom. The van der Waals surface area contributed by atoms with Gasteiger partial charge >= 0.3 is 5.97 Å². The molecule has 1 fully saturated rings. The van der Waals surface area contributed by atoms with Gasteiger partial charge < -0.3 is 15.9 Å². The number of aryl methyl sites for hydroxylation is 1. The van der Waals surface area contributed by atoms with E-state index in [0.29, 0.717) is 18.4 Å². The summed E-state index contributed by atoms with van der Waals surface area (Å²) in [6.45, 7) is 4.50. The van der Waals surface area contributed by atoms with Crippen LogP contribution in [0, 0.1) is 35.5 Å². The number of hydrogen-bond acceptors (Lipinski definition) is 3. The first-order valence-electron chi connectivity index (χ1n) is 14.8. The summed E-state index contributed by atoms with van der Waals surface area (Å²) in [7, 11) is 0. The van der Waals surface area contributed by atoms with Crippen LogP contribution in [0.3, 0.4) is 0 Å². The lowest BCUT2D eigenvalue weighted by Gasteiger charge is -2.51. The Labute approximate surface area is 219 Å². The van der Waals surface area contributed by atoms with Crippen molar-refractivity contribution in [2.45, 2.75) is 103 Å². The van der Waals surface area contributed by atoms with E-state index in [-0.39, 0.29) is 17.8 Å². The number of aliphatic hydroxyl groups excluding tert-OH is 1. The fraction of sp³-hybridized carbons (Fsp3) is 0.719. The lowest BCUT2D eigenvalue weighted by Crippen LogP contribution is -2.50. The monoisotopic (exact) mass is 497 g/mol. The zero-order valence-electron chi connectivity index (χ0n) is 22.8. The maximum Gasteiger partial charge on any atom is 0.309 e. The Balaban J connectivity index is 1.80. The van der Waals surface area contributed by atoms with E-state index in [1.54, 1.807) is 6.92 Å². The van der Waals surface area contributed by atoms with Crippen molar-refractivity contribution < 1.29 is 15.0 Å². The number of rotatable bonds is 14. The molecule has 2 aliphatic carbocycles. The van der Waals surface area contributed by atoms with Crippen LogP contribution in [0.25, 0.3) is 0 Å². The first kappa shape index (κ1) is 28.9. The largest absolute Gasteiger partial charge is 0.481 e. The Bertz CT molecular complexity index is 819. The summed E-state index contributed by atoms with van der Waals surface area (Å²) in [5.74, 6) is 0.0182. The van der Waals surface area contributed by atoms with E-state index >= 15 is 0 Å². The SMILES string of the molecule is CCCCCCC=CCCCC1C2CCc3ccccc3CC(C2)C(C(C(=O)O)C(C)O)C1CCN. The maximum absolute atomic E-state index is 12.5. The van der Waals surface area contributed by atoms with Gasteiger partial charge in [0.25, 0.3) is 0 Å². The van der Waals surface area contributed by atoms with Crippen molar-refractivity contribution in [3.05, 3.63) is 47.5 Å². The van der Waals surface area contributed by atoms with Crippen molar-refractivity contribution >= 4 is 5.97 Å². The molecule has 3 rings (SSSR count). The van der Waals surface area contributed by atoms with E-state index in [1.165, 1.54) is 49.7 Å². The fourth-order valence-electron chi connectivity index (χ4n) is 7.58. The molecular formula is C32H51NO3. The minimum atomic E-state index is -0.860. The Hall–Kier alpha value is -1.65. The van der Waals surface area contributed by atoms with E-state index in [0.717, 1.165) is 44.9 Å². The number of benzene rings is 1. The molecule has 1 saturated carbocycles. The van der Waals surface area contributed by atoms with Crippen molar-refractivity contribution in [3.8, 4) is 0 Å². The number of aliphatic carboxylic acids is 1. The third-order valence-corrected chi connectivity index (χ3v) is 9.20. The van der Waals surface area contributed by atoms with Crippen molar-refractivity contribution in [2.75, 3.05) is 6.54 Å². The van der Waals surface area contributed by atoms with Crippen LogP contribution >= 0.6 is 0 Å². The second-order valence-electron chi connectivity index (χ2n) is 11.6. The molecular weight excluding hydrogens is 446 g/mol. The molecule has 2 aliphatic rings. The molecule has 0 saturated heterocycles. The van der Waals surface area contributed by atoms with E-state index in [4.69, 9.17) is 5.73 Å². The van der Waals surface area contributed by atoms with Crippen LogP contribution in [-0.4, -0.2) is 28.8 Å². The highest BCUT2D eigenvalue weighted by Gasteiger charge is 2.50.